The highest BCUT2D eigenvalue weighted by molar-refractivity contribution is 9.10. The number of nitrogens with zero attached hydrogens (tertiary/aromatic N) is 3. The molecule has 0 unspecified atom stereocenters. The number of aryl methyl sites for hydroxylation is 3. The fourth-order valence-corrected chi connectivity index (χ4v) is 6.65. The van der Waals surface area contributed by atoms with Gasteiger partial charge < -0.3 is 4.90 Å². The van der Waals surface area contributed by atoms with Gasteiger partial charge in [0.25, 0.3) is 11.8 Å². The number of amidine groups is 1. The van der Waals surface area contributed by atoms with Crippen molar-refractivity contribution in [1.82, 2.24) is 0 Å². The van der Waals surface area contributed by atoms with E-state index < -0.39 is 0 Å². The van der Waals surface area contributed by atoms with Crippen LogP contribution in [-0.4, -0.2) is 24.0 Å². The molecule has 2 heterocycles. The van der Waals surface area contributed by atoms with Gasteiger partial charge in [0.05, 0.1) is 27.5 Å². The second-order valence-electron chi connectivity index (χ2n) is 8.81. The molecule has 0 spiro atoms. The van der Waals surface area contributed by atoms with Crippen molar-refractivity contribution in [2.75, 3.05) is 16.8 Å². The Balaban J connectivity index is 1.76. The van der Waals surface area contributed by atoms with Crippen LogP contribution in [0.15, 0.2) is 75.0 Å². The number of para-hydroxylation sites is 2. The van der Waals surface area contributed by atoms with Gasteiger partial charge in [-0.05, 0) is 88.4 Å². The molecule has 2 amide bonds. The summed E-state index contributed by atoms with van der Waals surface area (Å²) in [4.78, 5) is 36.3. The first kappa shape index (κ1) is 24.5. The van der Waals surface area contributed by atoms with Crippen LogP contribution in [0.4, 0.5) is 17.1 Å². The van der Waals surface area contributed by atoms with Crippen LogP contribution in [0, 0.1) is 6.92 Å². The van der Waals surface area contributed by atoms with Crippen molar-refractivity contribution in [3.05, 3.63) is 92.3 Å². The summed E-state index contributed by atoms with van der Waals surface area (Å²) in [5.41, 5.74) is 6.76. The van der Waals surface area contributed by atoms with Gasteiger partial charge in [-0.2, -0.15) is 0 Å². The zero-order valence-electron chi connectivity index (χ0n) is 20.6. The van der Waals surface area contributed by atoms with E-state index >= 15 is 0 Å². The molecular formula is C29H26BrN3O2S. The van der Waals surface area contributed by atoms with E-state index in [2.05, 4.69) is 35.8 Å². The van der Waals surface area contributed by atoms with Crippen molar-refractivity contribution in [3.63, 3.8) is 0 Å². The van der Waals surface area contributed by atoms with Crippen molar-refractivity contribution in [1.29, 1.82) is 0 Å². The Bertz CT molecular complexity index is 1480. The van der Waals surface area contributed by atoms with Crippen LogP contribution in [0.5, 0.6) is 0 Å². The topological polar surface area (TPSA) is 53.0 Å². The summed E-state index contributed by atoms with van der Waals surface area (Å²) < 4.78 is 0.832. The molecule has 36 heavy (non-hydrogen) atoms. The molecule has 7 heteroatoms. The van der Waals surface area contributed by atoms with Gasteiger partial charge in [-0.25, -0.2) is 4.99 Å². The fourth-order valence-electron chi connectivity index (χ4n) is 4.73. The van der Waals surface area contributed by atoms with Gasteiger partial charge in [-0.3, -0.25) is 14.5 Å². The number of carbonyl (C=O) groups is 2. The third-order valence-corrected chi connectivity index (χ3v) is 8.19. The third-order valence-electron chi connectivity index (χ3n) is 6.54. The summed E-state index contributed by atoms with van der Waals surface area (Å²) in [7, 11) is 1.75. The minimum atomic E-state index is -0.226. The Hall–Kier alpha value is -3.16. The maximum absolute atomic E-state index is 14.1. The minimum absolute atomic E-state index is 0.189. The number of hydrogen-bond donors (Lipinski definition) is 0. The molecule has 2 aliphatic rings. The zero-order chi connectivity index (χ0) is 25.6. The molecule has 0 saturated carbocycles. The molecule has 0 N–H and O–H groups in total. The van der Waals surface area contributed by atoms with E-state index in [-0.39, 0.29) is 11.8 Å². The van der Waals surface area contributed by atoms with Gasteiger partial charge >= 0.3 is 0 Å². The molecule has 0 bridgehead atoms. The number of thioether (sulfide) groups is 1. The fraction of sp³-hybridized carbons (Fsp3) is 0.207. The number of hydrogen-bond acceptors (Lipinski definition) is 4. The number of halogens is 1. The Morgan fingerprint density at radius 3 is 2.31 bits per heavy atom. The monoisotopic (exact) mass is 559 g/mol. The van der Waals surface area contributed by atoms with Crippen molar-refractivity contribution in [3.8, 4) is 0 Å². The van der Waals surface area contributed by atoms with E-state index in [9.17, 15) is 9.59 Å². The van der Waals surface area contributed by atoms with Crippen LogP contribution in [0.2, 0.25) is 0 Å². The summed E-state index contributed by atoms with van der Waals surface area (Å²) in [6.07, 6.45) is 1.60. The van der Waals surface area contributed by atoms with E-state index in [4.69, 9.17) is 4.99 Å². The first-order valence-electron chi connectivity index (χ1n) is 11.9. The number of carbonyl (C=O) groups excluding carboxylic acids is 2. The van der Waals surface area contributed by atoms with Gasteiger partial charge in [0.2, 0.25) is 0 Å². The smallest absolute Gasteiger partial charge is 0.272 e. The molecule has 3 aromatic carbocycles. The predicted octanol–water partition coefficient (Wildman–Crippen LogP) is 7.04. The van der Waals surface area contributed by atoms with Crippen LogP contribution < -0.4 is 9.80 Å². The SMILES string of the molecule is CCc1ccccc1N=C1S/C(=C2\C(=O)N(C)c3c(Br)cc(C)cc32)C(=O)N1c1ccccc1CC. The second-order valence-corrected chi connectivity index (χ2v) is 10.6. The molecule has 0 aromatic heterocycles. The van der Waals surface area contributed by atoms with Crippen molar-refractivity contribution in [2.45, 2.75) is 33.6 Å². The van der Waals surface area contributed by atoms with Crippen LogP contribution in [0.1, 0.15) is 36.1 Å². The molecule has 0 aliphatic carbocycles. The average molecular weight is 561 g/mol. The summed E-state index contributed by atoms with van der Waals surface area (Å²) in [5.74, 6) is -0.415. The number of likely N-dealkylation sites (N-methyl/N-ethyl adjacent to an activating group) is 1. The van der Waals surface area contributed by atoms with Crippen LogP contribution in [0.25, 0.3) is 5.57 Å². The molecule has 5 nitrogen and oxygen atoms in total. The zero-order valence-corrected chi connectivity index (χ0v) is 23.0. The lowest BCUT2D eigenvalue weighted by molar-refractivity contribution is -0.115. The summed E-state index contributed by atoms with van der Waals surface area (Å²) in [6, 6.07) is 19.8. The van der Waals surface area contributed by atoms with Crippen LogP contribution in [0.3, 0.4) is 0 Å². The Kier molecular flexibility index (Phi) is 6.62. The Morgan fingerprint density at radius 1 is 0.917 bits per heavy atom. The van der Waals surface area contributed by atoms with E-state index in [1.54, 1.807) is 16.8 Å². The average Bonchev–Trinajstić information content (AvgIpc) is 3.31. The maximum atomic E-state index is 14.1. The van der Waals surface area contributed by atoms with Gasteiger partial charge in [0.1, 0.15) is 0 Å². The van der Waals surface area contributed by atoms with Crippen molar-refractivity contribution < 1.29 is 9.59 Å². The number of benzene rings is 3. The number of fused-ring (bicyclic) bond motifs is 1. The van der Waals surface area contributed by atoms with Crippen molar-refractivity contribution in [2.24, 2.45) is 4.99 Å². The lowest BCUT2D eigenvalue weighted by Crippen LogP contribution is -2.30. The molecule has 0 radical (unpaired) electrons. The highest BCUT2D eigenvalue weighted by atomic mass is 79.9. The standard InChI is InChI=1S/C29H26BrN3O2S/c1-5-18-11-7-9-13-22(18)31-29-33(23-14-10-8-12-19(23)6-2)28(35)26(36-29)24-20-15-17(3)16-21(30)25(20)32(4)27(24)34/h7-16H,5-6H2,1-4H3/b26-24-,31-29?. The van der Waals surface area contributed by atoms with Crippen molar-refractivity contribution >= 4 is 67.3 Å². The summed E-state index contributed by atoms with van der Waals surface area (Å²) in [5, 5.41) is 0.555. The quantitative estimate of drug-likeness (QED) is 0.322. The second kappa shape index (κ2) is 9.71. The minimum Gasteiger partial charge on any atom is -0.310 e. The Morgan fingerprint density at radius 2 is 1.58 bits per heavy atom. The molecular weight excluding hydrogens is 534 g/mol. The normalized spacial score (nSPS) is 18.5. The van der Waals surface area contributed by atoms with E-state index in [0.29, 0.717) is 15.6 Å². The Labute approximate surface area is 224 Å². The van der Waals surface area contributed by atoms with Crippen LogP contribution in [-0.2, 0) is 22.4 Å². The summed E-state index contributed by atoms with van der Waals surface area (Å²) >= 11 is 4.89. The number of aliphatic imine (C=N–C) groups is 1. The molecule has 3 aromatic rings. The van der Waals surface area contributed by atoms with E-state index in [1.165, 1.54) is 11.8 Å². The summed E-state index contributed by atoms with van der Waals surface area (Å²) in [6.45, 7) is 6.15. The first-order valence-corrected chi connectivity index (χ1v) is 13.6. The highest BCUT2D eigenvalue weighted by Gasteiger charge is 2.43. The van der Waals surface area contributed by atoms with Gasteiger partial charge in [0.15, 0.2) is 5.17 Å². The lowest BCUT2D eigenvalue weighted by atomic mass is 10.0. The van der Waals surface area contributed by atoms with E-state index in [1.807, 2.05) is 61.5 Å². The molecule has 1 saturated heterocycles. The molecule has 0 atom stereocenters. The molecule has 1 fully saturated rings. The maximum Gasteiger partial charge on any atom is 0.272 e. The van der Waals surface area contributed by atoms with Crippen LogP contribution >= 0.6 is 27.7 Å². The first-order chi connectivity index (χ1) is 17.3. The number of amides is 2. The largest absolute Gasteiger partial charge is 0.310 e. The highest BCUT2D eigenvalue weighted by Crippen LogP contribution is 2.48. The predicted molar refractivity (Wildman–Crippen MR) is 153 cm³/mol. The number of rotatable bonds is 4. The van der Waals surface area contributed by atoms with Gasteiger partial charge in [0, 0.05) is 17.1 Å². The van der Waals surface area contributed by atoms with E-state index in [0.717, 1.165) is 56.6 Å². The van der Waals surface area contributed by atoms with Gasteiger partial charge in [-0.1, -0.05) is 50.2 Å². The molecule has 182 valence electrons. The van der Waals surface area contributed by atoms with Gasteiger partial charge in [-0.15, -0.1) is 0 Å². The lowest BCUT2D eigenvalue weighted by Gasteiger charge is -2.19. The molecule has 2 aliphatic heterocycles. The number of anilines is 2. The molecule has 5 rings (SSSR count). The third kappa shape index (κ3) is 4.00.